The molecule has 1 aromatic heterocycles. The summed E-state index contributed by atoms with van der Waals surface area (Å²) >= 11 is 0. The largest absolute Gasteiger partial charge is 0.396 e. The van der Waals surface area contributed by atoms with Crippen LogP contribution in [0.2, 0.25) is 0 Å². The second-order valence-electron chi connectivity index (χ2n) is 5.12. The van der Waals surface area contributed by atoms with Crippen LogP contribution in [0.15, 0.2) is 24.3 Å². The summed E-state index contributed by atoms with van der Waals surface area (Å²) in [5, 5.41) is 14.4. The van der Waals surface area contributed by atoms with E-state index in [1.807, 2.05) is 31.2 Å². The average molecular weight is 290 g/mol. The van der Waals surface area contributed by atoms with Gasteiger partial charge in [-0.25, -0.2) is 9.78 Å². The Labute approximate surface area is 124 Å². The van der Waals surface area contributed by atoms with Crippen LogP contribution in [-0.2, 0) is 6.42 Å². The number of carbonyl (C=O) groups excluding carboxylic acids is 1. The number of fused-ring (bicyclic) bond motifs is 1. The Morgan fingerprint density at radius 3 is 3.00 bits per heavy atom. The predicted octanol–water partition coefficient (Wildman–Crippen LogP) is 1.57. The van der Waals surface area contributed by atoms with E-state index in [0.717, 1.165) is 23.3 Å². The number of nitrogens with one attached hydrogen (secondary N) is 3. The minimum absolute atomic E-state index is 0.0587. The van der Waals surface area contributed by atoms with Crippen LogP contribution in [0.1, 0.15) is 25.6 Å². The molecule has 0 radical (unpaired) electrons. The van der Waals surface area contributed by atoms with Crippen LogP contribution >= 0.6 is 0 Å². The molecule has 6 heteroatoms. The number of nitrogens with zero attached hydrogens (tertiary/aromatic N) is 1. The van der Waals surface area contributed by atoms with E-state index in [-0.39, 0.29) is 18.7 Å². The third-order valence-corrected chi connectivity index (χ3v) is 3.26. The Morgan fingerprint density at radius 1 is 1.43 bits per heavy atom. The highest BCUT2D eigenvalue weighted by Crippen LogP contribution is 2.10. The molecule has 2 rings (SSSR count). The molecule has 0 saturated heterocycles. The number of aromatic nitrogens is 2. The standard InChI is InChI=1S/C15H22N4O2/c1-11(5-4-10-20)17-15(21)16-9-8-14-18-12-6-2-3-7-13(12)19-14/h2-3,6-7,11,20H,4-5,8-10H2,1H3,(H,18,19)(H2,16,17,21). The number of rotatable bonds is 7. The van der Waals surface area contributed by atoms with Gasteiger partial charge in [-0.05, 0) is 31.9 Å². The first-order chi connectivity index (χ1) is 10.2. The third-order valence-electron chi connectivity index (χ3n) is 3.26. The van der Waals surface area contributed by atoms with Crippen molar-refractivity contribution in [3.63, 3.8) is 0 Å². The number of hydrogen-bond donors (Lipinski definition) is 4. The van der Waals surface area contributed by atoms with E-state index in [2.05, 4.69) is 20.6 Å². The van der Waals surface area contributed by atoms with Crippen molar-refractivity contribution in [3.8, 4) is 0 Å². The summed E-state index contributed by atoms with van der Waals surface area (Å²) in [6, 6.07) is 7.73. The Bertz CT molecular complexity index is 549. The summed E-state index contributed by atoms with van der Waals surface area (Å²) in [5.41, 5.74) is 1.95. The van der Waals surface area contributed by atoms with Crippen LogP contribution in [0.3, 0.4) is 0 Å². The molecular weight excluding hydrogens is 268 g/mol. The topological polar surface area (TPSA) is 90.0 Å². The van der Waals surface area contributed by atoms with Crippen LogP contribution in [-0.4, -0.2) is 40.3 Å². The lowest BCUT2D eigenvalue weighted by Gasteiger charge is -2.13. The van der Waals surface area contributed by atoms with Gasteiger partial charge in [-0.15, -0.1) is 0 Å². The van der Waals surface area contributed by atoms with Gasteiger partial charge in [0, 0.05) is 25.6 Å². The number of amides is 2. The van der Waals surface area contributed by atoms with Crippen LogP contribution in [0.4, 0.5) is 4.79 Å². The molecule has 0 aliphatic rings. The van der Waals surface area contributed by atoms with E-state index in [1.165, 1.54) is 0 Å². The number of aliphatic hydroxyl groups is 1. The normalized spacial score (nSPS) is 12.3. The summed E-state index contributed by atoms with van der Waals surface area (Å²) in [5.74, 6) is 0.866. The molecule has 0 fully saturated rings. The number of aromatic amines is 1. The van der Waals surface area contributed by atoms with Crippen molar-refractivity contribution in [1.82, 2.24) is 20.6 Å². The maximum absolute atomic E-state index is 11.7. The van der Waals surface area contributed by atoms with E-state index >= 15 is 0 Å². The SMILES string of the molecule is CC(CCCO)NC(=O)NCCc1nc2ccccc2[nH]1. The fourth-order valence-electron chi connectivity index (χ4n) is 2.16. The molecule has 21 heavy (non-hydrogen) atoms. The molecule has 114 valence electrons. The fraction of sp³-hybridized carbons (Fsp3) is 0.467. The number of hydrogen-bond acceptors (Lipinski definition) is 3. The zero-order chi connectivity index (χ0) is 15.1. The van der Waals surface area contributed by atoms with E-state index in [1.54, 1.807) is 0 Å². The lowest BCUT2D eigenvalue weighted by Crippen LogP contribution is -2.41. The van der Waals surface area contributed by atoms with Gasteiger partial charge in [0.1, 0.15) is 5.82 Å². The lowest BCUT2D eigenvalue weighted by molar-refractivity contribution is 0.234. The zero-order valence-electron chi connectivity index (χ0n) is 12.2. The van der Waals surface area contributed by atoms with Gasteiger partial charge < -0.3 is 20.7 Å². The van der Waals surface area contributed by atoms with E-state index in [9.17, 15) is 4.79 Å². The molecule has 0 aliphatic heterocycles. The molecular formula is C15H22N4O2. The highest BCUT2D eigenvalue weighted by atomic mass is 16.3. The molecule has 1 aromatic carbocycles. The van der Waals surface area contributed by atoms with Gasteiger partial charge in [-0.2, -0.15) is 0 Å². The molecule has 0 aliphatic carbocycles. The minimum atomic E-state index is -0.184. The first-order valence-electron chi connectivity index (χ1n) is 7.28. The zero-order valence-corrected chi connectivity index (χ0v) is 12.2. The molecule has 1 unspecified atom stereocenters. The summed E-state index contributed by atoms with van der Waals surface area (Å²) in [6.45, 7) is 2.60. The molecule has 1 atom stereocenters. The number of urea groups is 1. The van der Waals surface area contributed by atoms with Gasteiger partial charge in [0.15, 0.2) is 0 Å². The quantitative estimate of drug-likeness (QED) is 0.624. The maximum atomic E-state index is 11.7. The summed E-state index contributed by atoms with van der Waals surface area (Å²) in [4.78, 5) is 19.3. The molecule has 1 heterocycles. The van der Waals surface area contributed by atoms with Crippen LogP contribution in [0.5, 0.6) is 0 Å². The second kappa shape index (κ2) is 7.64. The van der Waals surface area contributed by atoms with Crippen molar-refractivity contribution in [2.45, 2.75) is 32.2 Å². The van der Waals surface area contributed by atoms with E-state index in [4.69, 9.17) is 5.11 Å². The number of aliphatic hydroxyl groups excluding tert-OH is 1. The summed E-state index contributed by atoms with van der Waals surface area (Å²) in [7, 11) is 0. The summed E-state index contributed by atoms with van der Waals surface area (Å²) in [6.07, 6.45) is 2.13. The predicted molar refractivity (Wildman–Crippen MR) is 82.1 cm³/mol. The Hall–Kier alpha value is -2.08. The Kier molecular flexibility index (Phi) is 5.57. The van der Waals surface area contributed by atoms with Crippen molar-refractivity contribution in [1.29, 1.82) is 0 Å². The Morgan fingerprint density at radius 2 is 2.24 bits per heavy atom. The smallest absolute Gasteiger partial charge is 0.315 e. The van der Waals surface area contributed by atoms with Gasteiger partial charge in [0.2, 0.25) is 0 Å². The van der Waals surface area contributed by atoms with Crippen molar-refractivity contribution < 1.29 is 9.90 Å². The van der Waals surface area contributed by atoms with Crippen molar-refractivity contribution in [2.24, 2.45) is 0 Å². The molecule has 2 amide bonds. The monoisotopic (exact) mass is 290 g/mol. The number of benzene rings is 1. The number of H-pyrrole nitrogens is 1. The molecule has 0 spiro atoms. The molecule has 6 nitrogen and oxygen atoms in total. The summed E-state index contributed by atoms with van der Waals surface area (Å²) < 4.78 is 0. The highest BCUT2D eigenvalue weighted by Gasteiger charge is 2.07. The molecule has 2 aromatic rings. The number of imidazole rings is 1. The van der Waals surface area contributed by atoms with Crippen molar-refractivity contribution in [2.75, 3.05) is 13.2 Å². The van der Waals surface area contributed by atoms with Gasteiger partial charge >= 0.3 is 6.03 Å². The Balaban J connectivity index is 1.72. The van der Waals surface area contributed by atoms with E-state index < -0.39 is 0 Å². The van der Waals surface area contributed by atoms with Crippen LogP contribution in [0.25, 0.3) is 11.0 Å². The highest BCUT2D eigenvalue weighted by molar-refractivity contribution is 5.75. The number of para-hydroxylation sites is 2. The van der Waals surface area contributed by atoms with Gasteiger partial charge in [-0.3, -0.25) is 0 Å². The first kappa shape index (κ1) is 15.3. The third kappa shape index (κ3) is 4.75. The maximum Gasteiger partial charge on any atom is 0.315 e. The van der Waals surface area contributed by atoms with Crippen molar-refractivity contribution >= 4 is 17.1 Å². The lowest BCUT2D eigenvalue weighted by atomic mass is 10.2. The van der Waals surface area contributed by atoms with Crippen molar-refractivity contribution in [3.05, 3.63) is 30.1 Å². The second-order valence-corrected chi connectivity index (χ2v) is 5.12. The van der Waals surface area contributed by atoms with Crippen LogP contribution in [0, 0.1) is 0 Å². The van der Waals surface area contributed by atoms with Gasteiger partial charge in [0.05, 0.1) is 11.0 Å². The average Bonchev–Trinajstić information content (AvgIpc) is 2.87. The fourth-order valence-corrected chi connectivity index (χ4v) is 2.16. The number of carbonyl (C=O) groups is 1. The molecule has 4 N–H and O–H groups in total. The van der Waals surface area contributed by atoms with Gasteiger partial charge in [-0.1, -0.05) is 12.1 Å². The van der Waals surface area contributed by atoms with E-state index in [0.29, 0.717) is 19.4 Å². The molecule has 0 saturated carbocycles. The first-order valence-corrected chi connectivity index (χ1v) is 7.28. The van der Waals surface area contributed by atoms with Gasteiger partial charge in [0.25, 0.3) is 0 Å². The van der Waals surface area contributed by atoms with Crippen LogP contribution < -0.4 is 10.6 Å². The minimum Gasteiger partial charge on any atom is -0.396 e. The molecule has 0 bridgehead atoms.